The normalized spacial score (nSPS) is 27.7. The van der Waals surface area contributed by atoms with Gasteiger partial charge < -0.3 is 15.4 Å². The molecule has 0 spiro atoms. The van der Waals surface area contributed by atoms with E-state index in [1.54, 1.807) is 4.90 Å². The number of ether oxygens (including phenoxy) is 1. The Labute approximate surface area is 91.8 Å². The van der Waals surface area contributed by atoms with Gasteiger partial charge in [-0.15, -0.1) is 0 Å². The van der Waals surface area contributed by atoms with Crippen molar-refractivity contribution >= 4 is 5.91 Å². The second kappa shape index (κ2) is 5.47. The SMILES string of the molecule is CCC[C@H](N)C(=O)N(C)C1CCOC1C. The van der Waals surface area contributed by atoms with Gasteiger partial charge in [-0.25, -0.2) is 0 Å². The predicted octanol–water partition coefficient (Wildman–Crippen LogP) is 0.750. The molecule has 0 bridgehead atoms. The van der Waals surface area contributed by atoms with Crippen LogP contribution in [0.4, 0.5) is 0 Å². The Morgan fingerprint density at radius 1 is 1.67 bits per heavy atom. The van der Waals surface area contributed by atoms with E-state index in [-0.39, 0.29) is 24.1 Å². The minimum absolute atomic E-state index is 0.0409. The number of rotatable bonds is 4. The lowest BCUT2D eigenvalue weighted by Crippen LogP contribution is -2.48. The van der Waals surface area contributed by atoms with Crippen LogP contribution in [0.15, 0.2) is 0 Å². The summed E-state index contributed by atoms with van der Waals surface area (Å²) in [6.45, 7) is 4.79. The third kappa shape index (κ3) is 2.92. The maximum absolute atomic E-state index is 11.9. The Morgan fingerprint density at radius 2 is 2.33 bits per heavy atom. The first-order chi connectivity index (χ1) is 7.07. The fourth-order valence-electron chi connectivity index (χ4n) is 2.09. The molecule has 4 heteroatoms. The zero-order chi connectivity index (χ0) is 11.4. The molecule has 1 aliphatic rings. The summed E-state index contributed by atoms with van der Waals surface area (Å²) in [4.78, 5) is 13.7. The largest absolute Gasteiger partial charge is 0.376 e. The molecule has 0 aromatic carbocycles. The van der Waals surface area contributed by atoms with Gasteiger partial charge in [-0.05, 0) is 19.8 Å². The van der Waals surface area contributed by atoms with Crippen LogP contribution < -0.4 is 5.73 Å². The van der Waals surface area contributed by atoms with Crippen molar-refractivity contribution in [2.75, 3.05) is 13.7 Å². The number of carbonyl (C=O) groups excluding carboxylic acids is 1. The standard InChI is InChI=1S/C11H22N2O2/c1-4-5-9(12)11(14)13(3)10-6-7-15-8(10)2/h8-10H,4-7,12H2,1-3H3/t8?,9-,10?/m0/s1. The maximum Gasteiger partial charge on any atom is 0.239 e. The van der Waals surface area contributed by atoms with Crippen molar-refractivity contribution < 1.29 is 9.53 Å². The van der Waals surface area contributed by atoms with Crippen LogP contribution in [0.2, 0.25) is 0 Å². The van der Waals surface area contributed by atoms with E-state index in [9.17, 15) is 4.79 Å². The van der Waals surface area contributed by atoms with Gasteiger partial charge in [-0.2, -0.15) is 0 Å². The maximum atomic E-state index is 11.9. The highest BCUT2D eigenvalue weighted by molar-refractivity contribution is 5.81. The van der Waals surface area contributed by atoms with E-state index < -0.39 is 0 Å². The molecule has 0 radical (unpaired) electrons. The summed E-state index contributed by atoms with van der Waals surface area (Å²) in [6.07, 6.45) is 2.75. The van der Waals surface area contributed by atoms with Gasteiger partial charge in [0.15, 0.2) is 0 Å². The number of nitrogens with two attached hydrogens (primary N) is 1. The molecule has 15 heavy (non-hydrogen) atoms. The fourth-order valence-corrected chi connectivity index (χ4v) is 2.09. The molecule has 1 rings (SSSR count). The number of carbonyl (C=O) groups is 1. The molecule has 3 atom stereocenters. The van der Waals surface area contributed by atoms with Crippen molar-refractivity contribution in [3.63, 3.8) is 0 Å². The van der Waals surface area contributed by atoms with Crippen LogP contribution in [-0.2, 0) is 9.53 Å². The van der Waals surface area contributed by atoms with Crippen LogP contribution in [0.5, 0.6) is 0 Å². The average Bonchev–Trinajstić information content (AvgIpc) is 2.62. The topological polar surface area (TPSA) is 55.6 Å². The van der Waals surface area contributed by atoms with E-state index in [0.29, 0.717) is 0 Å². The van der Waals surface area contributed by atoms with Crippen LogP contribution in [0.25, 0.3) is 0 Å². The highest BCUT2D eigenvalue weighted by Crippen LogP contribution is 2.19. The summed E-state index contributed by atoms with van der Waals surface area (Å²) in [5.74, 6) is 0.0409. The third-order valence-electron chi connectivity index (χ3n) is 3.10. The van der Waals surface area contributed by atoms with Gasteiger partial charge in [0.1, 0.15) is 0 Å². The van der Waals surface area contributed by atoms with Crippen LogP contribution >= 0.6 is 0 Å². The molecule has 2 unspecified atom stereocenters. The molecule has 0 aromatic heterocycles. The summed E-state index contributed by atoms with van der Waals surface area (Å²) in [5.41, 5.74) is 5.81. The Morgan fingerprint density at radius 3 is 2.80 bits per heavy atom. The van der Waals surface area contributed by atoms with E-state index in [0.717, 1.165) is 25.9 Å². The number of amides is 1. The molecule has 4 nitrogen and oxygen atoms in total. The molecule has 1 saturated heterocycles. The first-order valence-corrected chi connectivity index (χ1v) is 5.71. The van der Waals surface area contributed by atoms with Crippen LogP contribution in [0, 0.1) is 0 Å². The minimum atomic E-state index is -0.354. The van der Waals surface area contributed by atoms with Crippen molar-refractivity contribution in [3.05, 3.63) is 0 Å². The first kappa shape index (κ1) is 12.5. The second-order valence-electron chi connectivity index (χ2n) is 4.28. The lowest BCUT2D eigenvalue weighted by molar-refractivity contribution is -0.134. The molecule has 1 amide bonds. The highest BCUT2D eigenvalue weighted by atomic mass is 16.5. The van der Waals surface area contributed by atoms with Crippen molar-refractivity contribution in [1.29, 1.82) is 0 Å². The monoisotopic (exact) mass is 214 g/mol. The van der Waals surface area contributed by atoms with E-state index in [1.165, 1.54) is 0 Å². The summed E-state index contributed by atoms with van der Waals surface area (Å²) in [6, 6.07) is -0.159. The van der Waals surface area contributed by atoms with E-state index >= 15 is 0 Å². The first-order valence-electron chi connectivity index (χ1n) is 5.71. The number of hydrogen-bond donors (Lipinski definition) is 1. The summed E-state index contributed by atoms with van der Waals surface area (Å²) < 4.78 is 5.44. The van der Waals surface area contributed by atoms with Crippen molar-refractivity contribution in [3.8, 4) is 0 Å². The fraction of sp³-hybridized carbons (Fsp3) is 0.909. The Hall–Kier alpha value is -0.610. The quantitative estimate of drug-likeness (QED) is 0.751. The highest BCUT2D eigenvalue weighted by Gasteiger charge is 2.32. The van der Waals surface area contributed by atoms with Crippen molar-refractivity contribution in [2.24, 2.45) is 5.73 Å². The van der Waals surface area contributed by atoms with Gasteiger partial charge in [0, 0.05) is 13.7 Å². The van der Waals surface area contributed by atoms with Crippen LogP contribution in [-0.4, -0.2) is 42.6 Å². The van der Waals surface area contributed by atoms with Gasteiger partial charge in [0.2, 0.25) is 5.91 Å². The molecule has 1 fully saturated rings. The van der Waals surface area contributed by atoms with Gasteiger partial charge in [0.05, 0.1) is 18.2 Å². The summed E-state index contributed by atoms with van der Waals surface area (Å²) in [7, 11) is 1.83. The molecular formula is C11H22N2O2. The van der Waals surface area contributed by atoms with E-state index in [4.69, 9.17) is 10.5 Å². The van der Waals surface area contributed by atoms with Crippen molar-refractivity contribution in [2.45, 2.75) is 51.3 Å². The summed E-state index contributed by atoms with van der Waals surface area (Å²) in [5, 5.41) is 0. The molecule has 88 valence electrons. The van der Waals surface area contributed by atoms with E-state index in [2.05, 4.69) is 0 Å². The molecular weight excluding hydrogens is 192 g/mol. The molecule has 1 heterocycles. The second-order valence-corrected chi connectivity index (χ2v) is 4.28. The van der Waals surface area contributed by atoms with Crippen LogP contribution in [0.3, 0.4) is 0 Å². The average molecular weight is 214 g/mol. The number of hydrogen-bond acceptors (Lipinski definition) is 3. The Bertz CT molecular complexity index is 221. The molecule has 0 saturated carbocycles. The molecule has 0 aromatic rings. The van der Waals surface area contributed by atoms with Gasteiger partial charge in [0.25, 0.3) is 0 Å². The third-order valence-corrected chi connectivity index (χ3v) is 3.10. The molecule has 1 aliphatic heterocycles. The minimum Gasteiger partial charge on any atom is -0.376 e. The Balaban J connectivity index is 2.51. The van der Waals surface area contributed by atoms with Crippen LogP contribution in [0.1, 0.15) is 33.1 Å². The Kier molecular flexibility index (Phi) is 4.54. The predicted molar refractivity (Wildman–Crippen MR) is 59.5 cm³/mol. The number of likely N-dealkylation sites (N-methyl/N-ethyl adjacent to an activating group) is 1. The summed E-state index contributed by atoms with van der Waals surface area (Å²) >= 11 is 0. The van der Waals surface area contributed by atoms with Crippen molar-refractivity contribution in [1.82, 2.24) is 4.90 Å². The van der Waals surface area contributed by atoms with Gasteiger partial charge >= 0.3 is 0 Å². The lowest BCUT2D eigenvalue weighted by Gasteiger charge is -2.29. The molecule has 2 N–H and O–H groups in total. The van der Waals surface area contributed by atoms with Gasteiger partial charge in [-0.3, -0.25) is 4.79 Å². The molecule has 0 aliphatic carbocycles. The smallest absolute Gasteiger partial charge is 0.239 e. The van der Waals surface area contributed by atoms with E-state index in [1.807, 2.05) is 20.9 Å². The van der Waals surface area contributed by atoms with Gasteiger partial charge in [-0.1, -0.05) is 13.3 Å². The zero-order valence-electron chi connectivity index (χ0n) is 9.90. The lowest BCUT2D eigenvalue weighted by atomic mass is 10.1. The zero-order valence-corrected chi connectivity index (χ0v) is 9.90. The number of nitrogens with zero attached hydrogens (tertiary/aromatic N) is 1.